The smallest absolute Gasteiger partial charge is 0.273 e. The number of nitrogens with one attached hydrogen (secondary N) is 1. The normalized spacial score (nSPS) is 21.8. The van der Waals surface area contributed by atoms with Crippen LogP contribution in [0.25, 0.3) is 0 Å². The van der Waals surface area contributed by atoms with E-state index in [0.717, 1.165) is 0 Å². The van der Waals surface area contributed by atoms with Gasteiger partial charge < -0.3 is 4.90 Å². The molecule has 1 atom stereocenters. The fraction of sp³-hybridized carbons (Fsp3) is 0.333. The van der Waals surface area contributed by atoms with Crippen LogP contribution in [0.2, 0.25) is 0 Å². The Morgan fingerprint density at radius 3 is 2.77 bits per heavy atom. The molecule has 1 N–H and O–H groups in total. The molecule has 4 rings (SSSR count). The van der Waals surface area contributed by atoms with E-state index in [9.17, 15) is 14.4 Å². The monoisotopic (exact) mass is 370 g/mol. The second kappa shape index (κ2) is 5.91. The first-order chi connectivity index (χ1) is 12.5. The molecule has 1 fully saturated rings. The number of carbonyl (C=O) groups is 3. The lowest BCUT2D eigenvalue weighted by Crippen LogP contribution is -2.70. The van der Waals surface area contributed by atoms with Gasteiger partial charge in [0, 0.05) is 30.5 Å². The minimum absolute atomic E-state index is 0.162. The van der Waals surface area contributed by atoms with Crippen molar-refractivity contribution in [1.29, 1.82) is 0 Å². The number of amides is 3. The van der Waals surface area contributed by atoms with Crippen LogP contribution in [0.3, 0.4) is 0 Å². The van der Waals surface area contributed by atoms with E-state index in [0.29, 0.717) is 16.4 Å². The zero-order valence-corrected chi connectivity index (χ0v) is 15.2. The van der Waals surface area contributed by atoms with Crippen molar-refractivity contribution in [3.8, 4) is 0 Å². The lowest BCUT2D eigenvalue weighted by atomic mass is 9.94. The molecule has 0 saturated carbocycles. The van der Waals surface area contributed by atoms with E-state index in [1.54, 1.807) is 35.8 Å². The maximum atomic E-state index is 13.4. The first-order valence-electron chi connectivity index (χ1n) is 8.43. The number of nitrogens with zero attached hydrogens (tertiary/aromatic N) is 3. The standard InChI is InChI=1S/C18H18N4O3S/c1-11(2)21-15(24)12-5-3-4-6-13(12)22-14(23)7-8-18(21,22)16(25)20-17-19-9-10-26-17/h3-6,9-11H,7-8H2,1-2H3,(H,19,20,25). The van der Waals surface area contributed by atoms with Crippen LogP contribution in [-0.2, 0) is 9.59 Å². The van der Waals surface area contributed by atoms with Crippen LogP contribution in [0.4, 0.5) is 10.8 Å². The molecule has 134 valence electrons. The molecule has 0 aliphatic carbocycles. The molecule has 2 aliphatic heterocycles. The number of aromatic nitrogens is 1. The molecule has 0 radical (unpaired) electrons. The predicted octanol–water partition coefficient (Wildman–Crippen LogP) is 2.47. The third kappa shape index (κ3) is 2.18. The van der Waals surface area contributed by atoms with Gasteiger partial charge >= 0.3 is 0 Å². The van der Waals surface area contributed by atoms with Crippen molar-refractivity contribution in [3.05, 3.63) is 41.4 Å². The summed E-state index contributed by atoms with van der Waals surface area (Å²) in [5.41, 5.74) is -0.442. The molecule has 2 aromatic rings. The van der Waals surface area contributed by atoms with Crippen LogP contribution < -0.4 is 10.2 Å². The Morgan fingerprint density at radius 2 is 2.08 bits per heavy atom. The minimum Gasteiger partial charge on any atom is -0.304 e. The number of hydrogen-bond donors (Lipinski definition) is 1. The lowest BCUT2D eigenvalue weighted by Gasteiger charge is -2.50. The maximum absolute atomic E-state index is 13.4. The molecule has 26 heavy (non-hydrogen) atoms. The summed E-state index contributed by atoms with van der Waals surface area (Å²) in [5, 5.41) is 4.99. The van der Waals surface area contributed by atoms with Crippen LogP contribution in [0.5, 0.6) is 0 Å². The van der Waals surface area contributed by atoms with Gasteiger partial charge in [-0.15, -0.1) is 11.3 Å². The summed E-state index contributed by atoms with van der Waals surface area (Å²) in [5.74, 6) is -0.810. The van der Waals surface area contributed by atoms with Gasteiger partial charge in [-0.25, -0.2) is 4.98 Å². The van der Waals surface area contributed by atoms with Gasteiger partial charge in [-0.05, 0) is 26.0 Å². The SMILES string of the molecule is CC(C)N1C(=O)c2ccccc2N2C(=O)CCC21C(=O)Nc1nccs1. The van der Waals surface area contributed by atoms with Crippen molar-refractivity contribution in [2.24, 2.45) is 0 Å². The number of hydrogen-bond acceptors (Lipinski definition) is 5. The Kier molecular flexibility index (Phi) is 3.80. The largest absolute Gasteiger partial charge is 0.304 e. The molecule has 8 heteroatoms. The molecular weight excluding hydrogens is 352 g/mol. The lowest BCUT2D eigenvalue weighted by molar-refractivity contribution is -0.129. The van der Waals surface area contributed by atoms with E-state index in [4.69, 9.17) is 0 Å². The average Bonchev–Trinajstić information content (AvgIpc) is 3.23. The summed E-state index contributed by atoms with van der Waals surface area (Å²) in [6, 6.07) is 6.69. The van der Waals surface area contributed by atoms with Gasteiger partial charge in [-0.3, -0.25) is 24.6 Å². The van der Waals surface area contributed by atoms with E-state index >= 15 is 0 Å². The van der Waals surface area contributed by atoms with Gasteiger partial charge in [0.2, 0.25) is 11.6 Å². The number of thiazole rings is 1. The molecule has 0 bridgehead atoms. The van der Waals surface area contributed by atoms with E-state index in [2.05, 4.69) is 10.3 Å². The summed E-state index contributed by atoms with van der Waals surface area (Å²) >= 11 is 1.29. The maximum Gasteiger partial charge on any atom is 0.273 e. The first-order valence-corrected chi connectivity index (χ1v) is 9.31. The van der Waals surface area contributed by atoms with Gasteiger partial charge in [-0.1, -0.05) is 12.1 Å². The highest BCUT2D eigenvalue weighted by Crippen LogP contribution is 2.45. The fourth-order valence-corrected chi connectivity index (χ4v) is 4.41. The van der Waals surface area contributed by atoms with Crippen molar-refractivity contribution in [2.45, 2.75) is 38.4 Å². The van der Waals surface area contributed by atoms with Gasteiger partial charge in [0.25, 0.3) is 11.8 Å². The zero-order valence-electron chi connectivity index (χ0n) is 14.4. The minimum atomic E-state index is -1.37. The average molecular weight is 370 g/mol. The Labute approximate surface area is 154 Å². The number of benzene rings is 1. The first kappa shape index (κ1) is 16.7. The van der Waals surface area contributed by atoms with Gasteiger partial charge in [-0.2, -0.15) is 0 Å². The Hall–Kier alpha value is -2.74. The number of rotatable bonds is 3. The van der Waals surface area contributed by atoms with Gasteiger partial charge in [0.15, 0.2) is 5.13 Å². The Bertz CT molecular complexity index is 896. The molecule has 7 nitrogen and oxygen atoms in total. The molecule has 2 aliphatic rings. The third-order valence-corrected chi connectivity index (χ3v) is 5.52. The van der Waals surface area contributed by atoms with E-state index in [-0.39, 0.29) is 30.7 Å². The Morgan fingerprint density at radius 1 is 1.31 bits per heavy atom. The quantitative estimate of drug-likeness (QED) is 0.900. The Balaban J connectivity index is 1.90. The highest BCUT2D eigenvalue weighted by molar-refractivity contribution is 7.13. The summed E-state index contributed by atoms with van der Waals surface area (Å²) in [4.78, 5) is 46.4. The van der Waals surface area contributed by atoms with E-state index in [1.165, 1.54) is 21.1 Å². The number of anilines is 2. The number of fused-ring (bicyclic) bond motifs is 3. The molecule has 3 heterocycles. The molecule has 3 amide bonds. The molecule has 0 spiro atoms. The van der Waals surface area contributed by atoms with Crippen LogP contribution >= 0.6 is 11.3 Å². The summed E-state index contributed by atoms with van der Waals surface area (Å²) in [6.07, 6.45) is 2.05. The third-order valence-electron chi connectivity index (χ3n) is 4.83. The molecular formula is C18H18N4O3S. The van der Waals surface area contributed by atoms with Gasteiger partial charge in [0.05, 0.1) is 11.3 Å². The van der Waals surface area contributed by atoms with Crippen LogP contribution in [0, 0.1) is 0 Å². The topological polar surface area (TPSA) is 82.6 Å². The molecule has 1 aromatic carbocycles. The van der Waals surface area contributed by atoms with E-state index in [1.807, 2.05) is 13.8 Å². The van der Waals surface area contributed by atoms with Crippen molar-refractivity contribution >= 4 is 39.9 Å². The van der Waals surface area contributed by atoms with Crippen molar-refractivity contribution < 1.29 is 14.4 Å². The van der Waals surface area contributed by atoms with Gasteiger partial charge in [0.1, 0.15) is 0 Å². The molecule has 1 unspecified atom stereocenters. The van der Waals surface area contributed by atoms with Crippen LogP contribution in [0.15, 0.2) is 35.8 Å². The molecule has 1 aromatic heterocycles. The highest BCUT2D eigenvalue weighted by atomic mass is 32.1. The van der Waals surface area contributed by atoms with Crippen LogP contribution in [-0.4, -0.2) is 39.3 Å². The summed E-state index contributed by atoms with van der Waals surface area (Å²) in [6.45, 7) is 3.70. The number of para-hydroxylation sites is 1. The second-order valence-electron chi connectivity index (χ2n) is 6.62. The highest BCUT2D eigenvalue weighted by Gasteiger charge is 2.61. The zero-order chi connectivity index (χ0) is 18.5. The molecule has 1 saturated heterocycles. The van der Waals surface area contributed by atoms with E-state index < -0.39 is 11.6 Å². The second-order valence-corrected chi connectivity index (χ2v) is 7.52. The fourth-order valence-electron chi connectivity index (χ4n) is 3.89. The van der Waals surface area contributed by atoms with Crippen molar-refractivity contribution in [1.82, 2.24) is 9.88 Å². The summed E-state index contributed by atoms with van der Waals surface area (Å²) < 4.78 is 0. The number of carbonyl (C=O) groups excluding carboxylic acids is 3. The summed E-state index contributed by atoms with van der Waals surface area (Å²) in [7, 11) is 0. The van der Waals surface area contributed by atoms with Crippen molar-refractivity contribution in [3.63, 3.8) is 0 Å². The predicted molar refractivity (Wildman–Crippen MR) is 97.9 cm³/mol. The van der Waals surface area contributed by atoms with Crippen molar-refractivity contribution in [2.75, 3.05) is 10.2 Å². The van der Waals surface area contributed by atoms with Crippen LogP contribution in [0.1, 0.15) is 37.0 Å².